The second-order valence-corrected chi connectivity index (χ2v) is 7.85. The minimum atomic E-state index is 0.0794. The van der Waals surface area contributed by atoms with Gasteiger partial charge in [-0.1, -0.05) is 44.7 Å². The monoisotopic (exact) mass is 451 g/mol. The van der Waals surface area contributed by atoms with Gasteiger partial charge in [0.1, 0.15) is 0 Å². The van der Waals surface area contributed by atoms with Crippen molar-refractivity contribution in [3.05, 3.63) is 32.7 Å². The Hall–Kier alpha value is 0.130. The molecule has 1 amide bonds. The zero-order valence-corrected chi connectivity index (χ0v) is 15.5. The van der Waals surface area contributed by atoms with Crippen LogP contribution in [0.15, 0.2) is 27.1 Å². The van der Waals surface area contributed by atoms with Gasteiger partial charge >= 0.3 is 0 Å². The van der Waals surface area contributed by atoms with Gasteiger partial charge in [-0.3, -0.25) is 4.79 Å². The van der Waals surface area contributed by atoms with Gasteiger partial charge in [0.2, 0.25) is 0 Å². The Morgan fingerprint density at radius 2 is 1.95 bits per heavy atom. The Kier molecular flexibility index (Phi) is 5.49. The molecule has 2 atom stereocenters. The van der Waals surface area contributed by atoms with Crippen molar-refractivity contribution in [1.82, 2.24) is 4.90 Å². The Morgan fingerprint density at radius 3 is 2.58 bits per heavy atom. The molecule has 1 aromatic rings. The smallest absolute Gasteiger partial charge is 0.255 e. The van der Waals surface area contributed by atoms with Crippen molar-refractivity contribution in [2.75, 3.05) is 7.05 Å². The zero-order chi connectivity index (χ0) is 14.0. The number of hydrogen-bond acceptors (Lipinski definition) is 1. The van der Waals surface area contributed by atoms with Crippen molar-refractivity contribution < 1.29 is 4.79 Å². The molecule has 0 aliphatic heterocycles. The number of amides is 1. The summed E-state index contributed by atoms with van der Waals surface area (Å²) < 4.78 is 1.80. The summed E-state index contributed by atoms with van der Waals surface area (Å²) in [5.41, 5.74) is 0.718. The Morgan fingerprint density at radius 1 is 1.26 bits per heavy atom. The lowest BCUT2D eigenvalue weighted by atomic mass is 9.94. The molecule has 5 heteroatoms. The topological polar surface area (TPSA) is 20.3 Å². The molecule has 0 N–H and O–H groups in total. The van der Waals surface area contributed by atoms with Crippen molar-refractivity contribution in [3.63, 3.8) is 0 Å². The predicted molar refractivity (Wildman–Crippen MR) is 88.9 cm³/mol. The molecule has 1 fully saturated rings. The van der Waals surface area contributed by atoms with E-state index in [-0.39, 0.29) is 11.9 Å². The highest BCUT2D eigenvalue weighted by molar-refractivity contribution is 9.11. The number of hydrogen-bond donors (Lipinski definition) is 0. The van der Waals surface area contributed by atoms with Crippen LogP contribution in [0, 0.1) is 0 Å². The summed E-state index contributed by atoms with van der Waals surface area (Å²) in [5, 5.41) is 0. The van der Waals surface area contributed by atoms with Gasteiger partial charge in [0, 0.05) is 26.9 Å². The highest BCUT2D eigenvalue weighted by Crippen LogP contribution is 2.30. The second-order valence-electron chi connectivity index (χ2n) is 4.91. The molecule has 0 spiro atoms. The van der Waals surface area contributed by atoms with E-state index in [0.717, 1.165) is 27.4 Å². The van der Waals surface area contributed by atoms with E-state index in [0.29, 0.717) is 4.83 Å². The molecule has 1 aromatic carbocycles. The number of carbonyl (C=O) groups is 1. The molecule has 2 rings (SSSR count). The lowest BCUT2D eigenvalue weighted by Gasteiger charge is -2.35. The molecule has 0 bridgehead atoms. The Balaban J connectivity index is 2.18. The fourth-order valence-corrected chi connectivity index (χ4v) is 4.67. The molecule has 19 heavy (non-hydrogen) atoms. The molecule has 0 aromatic heterocycles. The molecule has 2 nitrogen and oxygen atoms in total. The van der Waals surface area contributed by atoms with Crippen molar-refractivity contribution in [1.29, 1.82) is 0 Å². The van der Waals surface area contributed by atoms with Crippen LogP contribution < -0.4 is 0 Å². The average Bonchev–Trinajstić information content (AvgIpc) is 2.38. The summed E-state index contributed by atoms with van der Waals surface area (Å²) >= 11 is 10.6. The van der Waals surface area contributed by atoms with Crippen molar-refractivity contribution in [2.24, 2.45) is 0 Å². The number of carbonyl (C=O) groups excluding carboxylic acids is 1. The van der Waals surface area contributed by atoms with Crippen LogP contribution in [0.1, 0.15) is 36.0 Å². The molecule has 1 saturated carbocycles. The second kappa shape index (κ2) is 6.72. The maximum atomic E-state index is 12.6. The van der Waals surface area contributed by atoms with Crippen LogP contribution in [-0.4, -0.2) is 28.7 Å². The van der Waals surface area contributed by atoms with Crippen molar-refractivity contribution in [2.45, 2.75) is 36.6 Å². The summed E-state index contributed by atoms with van der Waals surface area (Å²) in [5.74, 6) is 0.0794. The lowest BCUT2D eigenvalue weighted by molar-refractivity contribution is 0.0704. The summed E-state index contributed by atoms with van der Waals surface area (Å²) in [6.07, 6.45) is 4.67. The van der Waals surface area contributed by atoms with Gasteiger partial charge in [0.15, 0.2) is 0 Å². The molecule has 0 radical (unpaired) electrons. The van der Waals surface area contributed by atoms with Gasteiger partial charge in [-0.15, -0.1) is 0 Å². The summed E-state index contributed by atoms with van der Waals surface area (Å²) in [4.78, 5) is 14.9. The average molecular weight is 454 g/mol. The van der Waals surface area contributed by atoms with Crippen LogP contribution >= 0.6 is 47.8 Å². The predicted octanol–water partition coefficient (Wildman–Crippen LogP) is 4.99. The number of rotatable bonds is 2. The molecular formula is C14H16Br3NO. The van der Waals surface area contributed by atoms with Crippen LogP contribution in [-0.2, 0) is 0 Å². The first-order chi connectivity index (χ1) is 9.00. The van der Waals surface area contributed by atoms with Crippen LogP contribution in [0.4, 0.5) is 0 Å². The fourth-order valence-electron chi connectivity index (χ4n) is 2.51. The molecule has 2 unspecified atom stereocenters. The number of benzene rings is 1. The third-order valence-corrected chi connectivity index (χ3v) is 5.84. The van der Waals surface area contributed by atoms with E-state index in [2.05, 4.69) is 47.8 Å². The van der Waals surface area contributed by atoms with E-state index in [1.165, 1.54) is 12.8 Å². The van der Waals surface area contributed by atoms with E-state index in [1.54, 1.807) is 0 Å². The van der Waals surface area contributed by atoms with E-state index in [9.17, 15) is 4.79 Å². The normalized spacial score (nSPS) is 23.2. The summed E-state index contributed by atoms with van der Waals surface area (Å²) in [6.45, 7) is 0. The molecule has 104 valence electrons. The standard InChI is InChI=1S/C14H16Br3NO/c1-18(13-5-3-2-4-11(13)16)14(19)10-7-6-9(15)8-12(10)17/h6-8,11,13H,2-5H2,1H3. The highest BCUT2D eigenvalue weighted by Gasteiger charge is 2.30. The Bertz CT molecular complexity index is 478. The van der Waals surface area contributed by atoms with E-state index in [4.69, 9.17) is 0 Å². The van der Waals surface area contributed by atoms with E-state index >= 15 is 0 Å². The minimum Gasteiger partial charge on any atom is -0.338 e. The first-order valence-electron chi connectivity index (χ1n) is 6.37. The lowest BCUT2D eigenvalue weighted by Crippen LogP contribution is -2.44. The van der Waals surface area contributed by atoms with Gasteiger partial charge in [-0.05, 0) is 47.0 Å². The zero-order valence-electron chi connectivity index (χ0n) is 10.7. The van der Waals surface area contributed by atoms with Gasteiger partial charge in [-0.2, -0.15) is 0 Å². The Labute approximate surface area is 139 Å². The van der Waals surface area contributed by atoms with Crippen LogP contribution in [0.25, 0.3) is 0 Å². The molecule has 1 aliphatic carbocycles. The number of alkyl halides is 1. The van der Waals surface area contributed by atoms with Crippen molar-refractivity contribution >= 4 is 53.7 Å². The van der Waals surface area contributed by atoms with Gasteiger partial charge < -0.3 is 4.90 Å². The quantitative estimate of drug-likeness (QED) is 0.578. The third-order valence-electron chi connectivity index (χ3n) is 3.63. The maximum absolute atomic E-state index is 12.6. The molecular weight excluding hydrogens is 438 g/mol. The van der Waals surface area contributed by atoms with E-state index in [1.807, 2.05) is 30.1 Å². The summed E-state index contributed by atoms with van der Waals surface area (Å²) in [6, 6.07) is 5.96. The largest absolute Gasteiger partial charge is 0.338 e. The van der Waals surface area contributed by atoms with Gasteiger partial charge in [-0.25, -0.2) is 0 Å². The van der Waals surface area contributed by atoms with Crippen molar-refractivity contribution in [3.8, 4) is 0 Å². The first-order valence-corrected chi connectivity index (χ1v) is 8.87. The molecule has 1 aliphatic rings. The third kappa shape index (κ3) is 3.61. The van der Waals surface area contributed by atoms with E-state index < -0.39 is 0 Å². The highest BCUT2D eigenvalue weighted by atomic mass is 79.9. The molecule has 0 saturated heterocycles. The number of halogens is 3. The fraction of sp³-hybridized carbons (Fsp3) is 0.500. The van der Waals surface area contributed by atoms with Crippen LogP contribution in [0.3, 0.4) is 0 Å². The first kappa shape index (κ1) is 15.5. The molecule has 0 heterocycles. The van der Waals surface area contributed by atoms with Gasteiger partial charge in [0.05, 0.1) is 5.56 Å². The van der Waals surface area contributed by atoms with Crippen LogP contribution in [0.5, 0.6) is 0 Å². The SMILES string of the molecule is CN(C(=O)c1ccc(Br)cc1Br)C1CCCCC1Br. The maximum Gasteiger partial charge on any atom is 0.255 e. The summed E-state index contributed by atoms with van der Waals surface area (Å²) in [7, 11) is 1.90. The minimum absolute atomic E-state index is 0.0794. The van der Waals surface area contributed by atoms with Gasteiger partial charge in [0.25, 0.3) is 5.91 Å². The van der Waals surface area contributed by atoms with Crippen LogP contribution in [0.2, 0.25) is 0 Å². The number of nitrogens with zero attached hydrogens (tertiary/aromatic N) is 1.